The molecule has 0 saturated heterocycles. The highest BCUT2D eigenvalue weighted by Gasteiger charge is 2.17. The van der Waals surface area contributed by atoms with Gasteiger partial charge in [0, 0.05) is 11.6 Å². The van der Waals surface area contributed by atoms with Crippen molar-refractivity contribution in [2.75, 3.05) is 21.3 Å². The second-order valence-corrected chi connectivity index (χ2v) is 6.20. The van der Waals surface area contributed by atoms with Crippen LogP contribution >= 0.6 is 0 Å². The number of aromatic amines is 1. The summed E-state index contributed by atoms with van der Waals surface area (Å²) >= 11 is 0. The average molecular weight is 381 g/mol. The molecule has 1 unspecified atom stereocenters. The fourth-order valence-corrected chi connectivity index (χ4v) is 2.84. The Bertz CT molecular complexity index is 951. The number of nitrogens with one attached hydrogen (secondary N) is 2. The van der Waals surface area contributed by atoms with Crippen molar-refractivity contribution in [3.05, 3.63) is 59.8 Å². The summed E-state index contributed by atoms with van der Waals surface area (Å²) < 4.78 is 15.8. The summed E-state index contributed by atoms with van der Waals surface area (Å²) in [5.41, 5.74) is 2.72. The largest absolute Gasteiger partial charge is 0.497 e. The summed E-state index contributed by atoms with van der Waals surface area (Å²) in [4.78, 5) is 12.6. The third kappa shape index (κ3) is 4.09. The monoisotopic (exact) mass is 381 g/mol. The number of carbonyl (C=O) groups excluding carboxylic acids is 1. The van der Waals surface area contributed by atoms with E-state index in [0.717, 1.165) is 16.9 Å². The molecule has 3 aromatic rings. The first-order chi connectivity index (χ1) is 13.5. The minimum absolute atomic E-state index is 0.166. The van der Waals surface area contributed by atoms with Gasteiger partial charge in [-0.3, -0.25) is 9.89 Å². The van der Waals surface area contributed by atoms with Gasteiger partial charge in [0.25, 0.3) is 5.91 Å². The summed E-state index contributed by atoms with van der Waals surface area (Å²) in [5.74, 6) is 1.83. The first-order valence-corrected chi connectivity index (χ1v) is 8.78. The number of carbonyl (C=O) groups is 1. The summed E-state index contributed by atoms with van der Waals surface area (Å²) in [5, 5.41) is 10.0. The molecule has 0 aliphatic heterocycles. The topological polar surface area (TPSA) is 85.5 Å². The fraction of sp³-hybridized carbons (Fsp3) is 0.238. The lowest BCUT2D eigenvalue weighted by atomic mass is 10.1. The number of methoxy groups -OCH3 is 3. The Labute approximate surface area is 163 Å². The first-order valence-electron chi connectivity index (χ1n) is 8.78. The number of amides is 1. The number of nitrogens with zero attached hydrogens (tertiary/aromatic N) is 1. The van der Waals surface area contributed by atoms with Crippen LogP contribution in [0.1, 0.15) is 29.0 Å². The number of hydrogen-bond donors (Lipinski definition) is 2. The maximum atomic E-state index is 12.6. The van der Waals surface area contributed by atoms with Crippen molar-refractivity contribution in [2.24, 2.45) is 0 Å². The van der Waals surface area contributed by atoms with Gasteiger partial charge < -0.3 is 19.5 Å². The first kappa shape index (κ1) is 19.3. The van der Waals surface area contributed by atoms with E-state index in [9.17, 15) is 4.79 Å². The molecule has 2 N–H and O–H groups in total. The van der Waals surface area contributed by atoms with Gasteiger partial charge in [-0.1, -0.05) is 12.1 Å². The zero-order valence-electron chi connectivity index (χ0n) is 16.3. The number of rotatable bonds is 7. The molecule has 28 heavy (non-hydrogen) atoms. The molecular formula is C21H23N3O4. The molecular weight excluding hydrogens is 358 g/mol. The van der Waals surface area contributed by atoms with Crippen LogP contribution in [0.5, 0.6) is 17.2 Å². The predicted octanol–water partition coefficient (Wildman–Crippen LogP) is 3.59. The van der Waals surface area contributed by atoms with E-state index in [0.29, 0.717) is 22.9 Å². The van der Waals surface area contributed by atoms with Crippen molar-refractivity contribution in [1.29, 1.82) is 0 Å². The van der Waals surface area contributed by atoms with E-state index in [1.165, 1.54) is 0 Å². The van der Waals surface area contributed by atoms with Crippen molar-refractivity contribution in [3.63, 3.8) is 0 Å². The van der Waals surface area contributed by atoms with Crippen molar-refractivity contribution in [3.8, 4) is 28.5 Å². The molecule has 0 fully saturated rings. The Morgan fingerprint density at radius 1 is 0.964 bits per heavy atom. The molecule has 7 heteroatoms. The standard InChI is InChI=1S/C21H23N3O4/c1-13(14-5-7-15(26-2)8-6-14)22-21(25)19-12-18(23-24-19)17-10-9-16(27-3)11-20(17)28-4/h5-13H,1-4H3,(H,22,25)(H,23,24). The molecule has 0 saturated carbocycles. The lowest BCUT2D eigenvalue weighted by Crippen LogP contribution is -2.26. The van der Waals surface area contributed by atoms with Gasteiger partial charge in [-0.25, -0.2) is 0 Å². The molecule has 0 radical (unpaired) electrons. The summed E-state index contributed by atoms with van der Waals surface area (Å²) in [6, 6.07) is 14.5. The van der Waals surface area contributed by atoms with Crippen LogP contribution in [0.25, 0.3) is 11.3 Å². The molecule has 146 valence electrons. The Morgan fingerprint density at radius 3 is 2.29 bits per heavy atom. The molecule has 0 aliphatic rings. The zero-order valence-corrected chi connectivity index (χ0v) is 16.3. The summed E-state index contributed by atoms with van der Waals surface area (Å²) in [7, 11) is 4.79. The minimum atomic E-state index is -0.241. The molecule has 1 aromatic heterocycles. The molecule has 1 heterocycles. The van der Waals surface area contributed by atoms with Crippen LogP contribution in [-0.2, 0) is 0 Å². The van der Waals surface area contributed by atoms with Crippen LogP contribution < -0.4 is 19.5 Å². The zero-order chi connectivity index (χ0) is 20.1. The van der Waals surface area contributed by atoms with E-state index >= 15 is 0 Å². The highest BCUT2D eigenvalue weighted by molar-refractivity contribution is 5.93. The molecule has 2 aromatic carbocycles. The Morgan fingerprint density at radius 2 is 1.64 bits per heavy atom. The third-order valence-electron chi connectivity index (χ3n) is 4.47. The van der Waals surface area contributed by atoms with Gasteiger partial charge in [0.1, 0.15) is 22.9 Å². The van der Waals surface area contributed by atoms with Crippen LogP contribution in [0.4, 0.5) is 0 Å². The van der Waals surface area contributed by atoms with Gasteiger partial charge in [-0.05, 0) is 42.8 Å². The van der Waals surface area contributed by atoms with Gasteiger partial charge in [0.05, 0.1) is 33.1 Å². The van der Waals surface area contributed by atoms with Gasteiger partial charge >= 0.3 is 0 Å². The fourth-order valence-electron chi connectivity index (χ4n) is 2.84. The molecule has 3 rings (SSSR count). The average Bonchev–Trinajstić information content (AvgIpc) is 3.23. The van der Waals surface area contributed by atoms with Crippen LogP contribution in [0.3, 0.4) is 0 Å². The van der Waals surface area contributed by atoms with Crippen LogP contribution in [0.2, 0.25) is 0 Å². The minimum Gasteiger partial charge on any atom is -0.497 e. The molecule has 0 aliphatic carbocycles. The van der Waals surface area contributed by atoms with E-state index in [2.05, 4.69) is 15.5 Å². The van der Waals surface area contributed by atoms with E-state index < -0.39 is 0 Å². The second-order valence-electron chi connectivity index (χ2n) is 6.20. The number of benzene rings is 2. The third-order valence-corrected chi connectivity index (χ3v) is 4.47. The van der Waals surface area contributed by atoms with Crippen molar-refractivity contribution >= 4 is 5.91 Å². The molecule has 1 atom stereocenters. The van der Waals surface area contributed by atoms with E-state index in [1.54, 1.807) is 33.5 Å². The molecule has 7 nitrogen and oxygen atoms in total. The summed E-state index contributed by atoms with van der Waals surface area (Å²) in [6.45, 7) is 1.92. The van der Waals surface area contributed by atoms with Gasteiger partial charge in [0.2, 0.25) is 0 Å². The Kier molecular flexibility index (Phi) is 5.84. The van der Waals surface area contributed by atoms with Gasteiger partial charge in [-0.2, -0.15) is 5.10 Å². The van der Waals surface area contributed by atoms with E-state index in [-0.39, 0.29) is 11.9 Å². The normalized spacial score (nSPS) is 11.6. The lowest BCUT2D eigenvalue weighted by Gasteiger charge is -2.14. The number of aromatic nitrogens is 2. The van der Waals surface area contributed by atoms with Gasteiger partial charge in [-0.15, -0.1) is 0 Å². The van der Waals surface area contributed by atoms with Gasteiger partial charge in [0.15, 0.2) is 0 Å². The van der Waals surface area contributed by atoms with Crippen molar-refractivity contribution < 1.29 is 19.0 Å². The maximum Gasteiger partial charge on any atom is 0.269 e. The van der Waals surface area contributed by atoms with Crippen LogP contribution in [0.15, 0.2) is 48.5 Å². The van der Waals surface area contributed by atoms with E-state index in [4.69, 9.17) is 14.2 Å². The maximum absolute atomic E-state index is 12.6. The smallest absolute Gasteiger partial charge is 0.269 e. The Balaban J connectivity index is 1.75. The van der Waals surface area contributed by atoms with E-state index in [1.807, 2.05) is 43.3 Å². The van der Waals surface area contributed by atoms with Crippen molar-refractivity contribution in [2.45, 2.75) is 13.0 Å². The van der Waals surface area contributed by atoms with Crippen LogP contribution in [-0.4, -0.2) is 37.4 Å². The van der Waals surface area contributed by atoms with Crippen LogP contribution in [0, 0.1) is 0 Å². The molecule has 0 spiro atoms. The number of H-pyrrole nitrogens is 1. The quantitative estimate of drug-likeness (QED) is 0.653. The van der Waals surface area contributed by atoms with Crippen molar-refractivity contribution in [1.82, 2.24) is 15.5 Å². The highest BCUT2D eigenvalue weighted by atomic mass is 16.5. The molecule has 0 bridgehead atoms. The number of hydrogen-bond acceptors (Lipinski definition) is 5. The molecule has 1 amide bonds. The summed E-state index contributed by atoms with van der Waals surface area (Å²) in [6.07, 6.45) is 0. The SMILES string of the molecule is COc1ccc(C(C)NC(=O)c2cc(-c3ccc(OC)cc3OC)n[nH]2)cc1. The highest BCUT2D eigenvalue weighted by Crippen LogP contribution is 2.32. The number of ether oxygens (including phenoxy) is 3. The predicted molar refractivity (Wildman–Crippen MR) is 106 cm³/mol. The second kappa shape index (κ2) is 8.47. The Hall–Kier alpha value is -3.48. The lowest BCUT2D eigenvalue weighted by molar-refractivity contribution is 0.0935.